The molecule has 4 heteroatoms. The first-order valence-electron chi connectivity index (χ1n) is 10.4. The molecule has 2 aliphatic carbocycles. The van der Waals surface area contributed by atoms with Crippen LogP contribution in [-0.4, -0.2) is 20.9 Å². The molecule has 27 heavy (non-hydrogen) atoms. The van der Waals surface area contributed by atoms with Gasteiger partial charge in [0.25, 0.3) is 0 Å². The van der Waals surface area contributed by atoms with E-state index in [0.717, 1.165) is 30.6 Å². The molecule has 3 nitrogen and oxygen atoms in total. The van der Waals surface area contributed by atoms with Gasteiger partial charge in [-0.2, -0.15) is 0 Å². The summed E-state index contributed by atoms with van der Waals surface area (Å²) in [6.45, 7) is 24.9. The number of allylic oxidation sites excluding steroid dienone is 2. The maximum absolute atomic E-state index is 12.9. The average molecular weight is 393 g/mol. The number of hydrogen-bond acceptors (Lipinski definition) is 3. The van der Waals surface area contributed by atoms with Crippen LogP contribution in [0.5, 0.6) is 0 Å². The number of esters is 1. The van der Waals surface area contributed by atoms with Gasteiger partial charge in [0, 0.05) is 11.8 Å². The van der Waals surface area contributed by atoms with Crippen LogP contribution >= 0.6 is 0 Å². The zero-order valence-electron chi connectivity index (χ0n) is 19.0. The van der Waals surface area contributed by atoms with E-state index in [1.165, 1.54) is 5.57 Å². The molecule has 0 aromatic heterocycles. The summed E-state index contributed by atoms with van der Waals surface area (Å²) in [4.78, 5) is 12.9. The van der Waals surface area contributed by atoms with Crippen LogP contribution in [0.15, 0.2) is 23.5 Å². The molecule has 0 heterocycles. The maximum Gasteiger partial charge on any atom is 0.313 e. The van der Waals surface area contributed by atoms with E-state index in [9.17, 15) is 4.79 Å². The van der Waals surface area contributed by atoms with Crippen LogP contribution in [0, 0.1) is 16.7 Å². The van der Waals surface area contributed by atoms with E-state index in [-0.39, 0.29) is 27.8 Å². The van der Waals surface area contributed by atoms with Crippen LogP contribution in [0.4, 0.5) is 0 Å². The van der Waals surface area contributed by atoms with Crippen molar-refractivity contribution in [1.29, 1.82) is 0 Å². The standard InChI is InChI=1S/C23H40O3Si/c1-11-25-20(24)18-16(2)15-17(26-27(9,10)21(3,4)5)19-22(6,7)13-12-14-23(18,19)8/h18H,2,11-15H2,1,3-10H3/t18-,23+/m0/s1. The van der Waals surface area contributed by atoms with Gasteiger partial charge < -0.3 is 9.16 Å². The van der Waals surface area contributed by atoms with Crippen molar-refractivity contribution in [3.05, 3.63) is 23.5 Å². The zero-order valence-corrected chi connectivity index (χ0v) is 20.0. The number of rotatable bonds is 4. The van der Waals surface area contributed by atoms with Crippen molar-refractivity contribution in [2.45, 2.75) is 92.3 Å². The van der Waals surface area contributed by atoms with Crippen LogP contribution in [0.3, 0.4) is 0 Å². The minimum absolute atomic E-state index is 0.0240. The van der Waals surface area contributed by atoms with E-state index in [4.69, 9.17) is 9.16 Å². The number of carbonyl (C=O) groups excluding carboxylic acids is 1. The van der Waals surface area contributed by atoms with Crippen LogP contribution < -0.4 is 0 Å². The summed E-state index contributed by atoms with van der Waals surface area (Å²) in [7, 11) is -1.97. The first-order chi connectivity index (χ1) is 12.2. The van der Waals surface area contributed by atoms with Gasteiger partial charge in [-0.15, -0.1) is 0 Å². The van der Waals surface area contributed by atoms with Crippen LogP contribution in [0.1, 0.15) is 74.1 Å². The molecule has 0 aromatic carbocycles. The van der Waals surface area contributed by atoms with E-state index < -0.39 is 8.32 Å². The minimum Gasteiger partial charge on any atom is -0.546 e. The fourth-order valence-corrected chi connectivity index (χ4v) is 6.05. The van der Waals surface area contributed by atoms with Gasteiger partial charge in [-0.1, -0.05) is 60.1 Å². The van der Waals surface area contributed by atoms with Crippen molar-refractivity contribution < 1.29 is 14.0 Å². The van der Waals surface area contributed by atoms with Gasteiger partial charge in [-0.25, -0.2) is 0 Å². The van der Waals surface area contributed by atoms with Gasteiger partial charge in [0.05, 0.1) is 18.3 Å². The molecule has 0 saturated heterocycles. The molecule has 0 spiro atoms. The Kier molecular flexibility index (Phi) is 5.85. The predicted molar refractivity (Wildman–Crippen MR) is 115 cm³/mol. The van der Waals surface area contributed by atoms with E-state index in [2.05, 4.69) is 61.2 Å². The number of ether oxygens (including phenoxy) is 1. The molecule has 0 aromatic rings. The molecule has 154 valence electrons. The summed E-state index contributed by atoms with van der Waals surface area (Å²) in [5, 5.41) is 0.134. The van der Waals surface area contributed by atoms with Gasteiger partial charge in [-0.05, 0) is 48.9 Å². The van der Waals surface area contributed by atoms with E-state index in [0.29, 0.717) is 13.0 Å². The molecular weight excluding hydrogens is 352 g/mol. The van der Waals surface area contributed by atoms with Gasteiger partial charge >= 0.3 is 5.97 Å². The van der Waals surface area contributed by atoms with Crippen LogP contribution in [-0.2, 0) is 14.0 Å². The Morgan fingerprint density at radius 1 is 1.22 bits per heavy atom. The summed E-state index contributed by atoms with van der Waals surface area (Å²) in [6, 6.07) is 0. The number of fused-ring (bicyclic) bond motifs is 1. The van der Waals surface area contributed by atoms with E-state index in [1.807, 2.05) is 6.92 Å². The lowest BCUT2D eigenvalue weighted by Crippen LogP contribution is -2.49. The highest BCUT2D eigenvalue weighted by Crippen LogP contribution is 2.61. The Morgan fingerprint density at radius 3 is 2.33 bits per heavy atom. The van der Waals surface area contributed by atoms with Gasteiger partial charge in [0.15, 0.2) is 0 Å². The Labute approximate surface area is 167 Å². The smallest absolute Gasteiger partial charge is 0.313 e. The fraction of sp³-hybridized carbons (Fsp3) is 0.783. The molecule has 2 atom stereocenters. The third-order valence-corrected chi connectivity index (χ3v) is 11.5. The summed E-state index contributed by atoms with van der Waals surface area (Å²) >= 11 is 0. The van der Waals surface area contributed by atoms with Crippen molar-refractivity contribution >= 4 is 14.3 Å². The largest absolute Gasteiger partial charge is 0.546 e. The molecular formula is C23H40O3Si. The minimum atomic E-state index is -1.97. The quantitative estimate of drug-likeness (QED) is 0.306. The second-order valence-electron chi connectivity index (χ2n) is 10.8. The molecule has 2 aliphatic rings. The zero-order chi connectivity index (χ0) is 20.8. The molecule has 2 rings (SSSR count). The molecule has 0 amide bonds. The third kappa shape index (κ3) is 3.92. The molecule has 1 fully saturated rings. The molecule has 0 N–H and O–H groups in total. The fourth-order valence-electron chi connectivity index (χ4n) is 4.95. The van der Waals surface area contributed by atoms with Crippen molar-refractivity contribution in [3.63, 3.8) is 0 Å². The Bertz CT molecular complexity index is 651. The topological polar surface area (TPSA) is 35.5 Å². The molecule has 0 aliphatic heterocycles. The lowest BCUT2D eigenvalue weighted by molar-refractivity contribution is -0.151. The number of carbonyl (C=O) groups is 1. The highest BCUT2D eigenvalue weighted by atomic mass is 28.4. The Hall–Kier alpha value is -1.03. The van der Waals surface area contributed by atoms with Gasteiger partial charge in [-0.3, -0.25) is 4.79 Å². The second kappa shape index (κ2) is 7.09. The average Bonchev–Trinajstić information content (AvgIpc) is 2.43. The predicted octanol–water partition coefficient (Wildman–Crippen LogP) is 6.62. The molecule has 0 bridgehead atoms. The highest BCUT2D eigenvalue weighted by molar-refractivity contribution is 6.74. The van der Waals surface area contributed by atoms with Crippen molar-refractivity contribution in [2.75, 3.05) is 6.61 Å². The van der Waals surface area contributed by atoms with Crippen molar-refractivity contribution in [3.8, 4) is 0 Å². The molecule has 0 radical (unpaired) electrons. The Morgan fingerprint density at radius 2 is 1.81 bits per heavy atom. The van der Waals surface area contributed by atoms with Crippen LogP contribution in [0.2, 0.25) is 18.1 Å². The Balaban J connectivity index is 2.62. The van der Waals surface area contributed by atoms with Crippen molar-refractivity contribution in [1.82, 2.24) is 0 Å². The number of hydrogen-bond donors (Lipinski definition) is 0. The van der Waals surface area contributed by atoms with Gasteiger partial charge in [0.2, 0.25) is 8.32 Å². The summed E-state index contributed by atoms with van der Waals surface area (Å²) in [5.74, 6) is 0.713. The first kappa shape index (κ1) is 22.3. The van der Waals surface area contributed by atoms with E-state index in [1.54, 1.807) is 0 Å². The second-order valence-corrected chi connectivity index (χ2v) is 15.6. The summed E-state index contributed by atoms with van der Waals surface area (Å²) in [5.41, 5.74) is 2.06. The summed E-state index contributed by atoms with van der Waals surface area (Å²) < 4.78 is 12.3. The summed E-state index contributed by atoms with van der Waals surface area (Å²) in [6.07, 6.45) is 3.89. The molecule has 0 unspecified atom stereocenters. The van der Waals surface area contributed by atoms with Crippen molar-refractivity contribution in [2.24, 2.45) is 16.7 Å². The first-order valence-corrected chi connectivity index (χ1v) is 13.4. The maximum atomic E-state index is 12.9. The third-order valence-electron chi connectivity index (χ3n) is 7.16. The monoisotopic (exact) mass is 392 g/mol. The van der Waals surface area contributed by atoms with E-state index >= 15 is 0 Å². The SMILES string of the molecule is C=C1CC(O[Si](C)(C)C(C)(C)C)=C2C(C)(C)CCC[C@]2(C)[C@@H]1C(=O)OCC. The lowest BCUT2D eigenvalue weighted by Gasteiger charge is -2.54. The lowest BCUT2D eigenvalue weighted by atomic mass is 9.52. The van der Waals surface area contributed by atoms with Gasteiger partial charge in [0.1, 0.15) is 0 Å². The normalized spacial score (nSPS) is 28.6. The van der Waals surface area contributed by atoms with Crippen LogP contribution in [0.25, 0.3) is 0 Å². The molecule has 1 saturated carbocycles. The highest BCUT2D eigenvalue weighted by Gasteiger charge is 2.55.